The second kappa shape index (κ2) is 6.33. The molecule has 0 spiro atoms. The summed E-state index contributed by atoms with van der Waals surface area (Å²) in [4.78, 5) is 19.7. The van der Waals surface area contributed by atoms with E-state index in [4.69, 9.17) is 9.15 Å². The molecule has 2 aromatic rings. The molecule has 2 rings (SSSR count). The fourth-order valence-electron chi connectivity index (χ4n) is 1.46. The zero-order valence-corrected chi connectivity index (χ0v) is 11.6. The topological polar surface area (TPSA) is 77.2 Å². The molecule has 0 radical (unpaired) electrons. The Bertz CT molecular complexity index is 524. The standard InChI is InChI=1S/C12H15N3O3S/c1-3-17-11(16)9-7-18-12(15-9)14-6-8(2)10-13-4-5-19-10/h4-5,7-8H,3,6H2,1-2H3,(H,14,15). The van der Waals surface area contributed by atoms with Crippen molar-refractivity contribution in [2.45, 2.75) is 19.8 Å². The molecule has 0 saturated carbocycles. The van der Waals surface area contributed by atoms with Crippen molar-refractivity contribution in [3.8, 4) is 0 Å². The van der Waals surface area contributed by atoms with Crippen LogP contribution < -0.4 is 5.32 Å². The van der Waals surface area contributed by atoms with E-state index >= 15 is 0 Å². The number of esters is 1. The van der Waals surface area contributed by atoms with E-state index in [1.54, 1.807) is 24.5 Å². The maximum Gasteiger partial charge on any atom is 0.360 e. The molecule has 0 aliphatic carbocycles. The van der Waals surface area contributed by atoms with Gasteiger partial charge in [-0.3, -0.25) is 0 Å². The minimum atomic E-state index is -0.479. The monoisotopic (exact) mass is 281 g/mol. The fraction of sp³-hybridized carbons (Fsp3) is 0.417. The number of carbonyl (C=O) groups is 1. The Hall–Kier alpha value is -1.89. The van der Waals surface area contributed by atoms with Crippen molar-refractivity contribution in [1.82, 2.24) is 9.97 Å². The lowest BCUT2D eigenvalue weighted by Crippen LogP contribution is -2.10. The van der Waals surface area contributed by atoms with Crippen LogP contribution >= 0.6 is 11.3 Å². The number of thiazole rings is 1. The number of hydrogen-bond acceptors (Lipinski definition) is 7. The lowest BCUT2D eigenvalue weighted by Gasteiger charge is -2.07. The van der Waals surface area contributed by atoms with Crippen LogP contribution in [0.4, 0.5) is 6.01 Å². The van der Waals surface area contributed by atoms with Crippen LogP contribution in [0.5, 0.6) is 0 Å². The molecular weight excluding hydrogens is 266 g/mol. The van der Waals surface area contributed by atoms with Gasteiger partial charge in [-0.15, -0.1) is 11.3 Å². The summed E-state index contributed by atoms with van der Waals surface area (Å²) in [6.45, 7) is 4.75. The average molecular weight is 281 g/mol. The zero-order chi connectivity index (χ0) is 13.7. The first-order chi connectivity index (χ1) is 9.20. The van der Waals surface area contributed by atoms with Gasteiger partial charge in [0.15, 0.2) is 5.69 Å². The molecule has 0 fully saturated rings. The van der Waals surface area contributed by atoms with Crippen molar-refractivity contribution < 1.29 is 13.9 Å². The van der Waals surface area contributed by atoms with Gasteiger partial charge < -0.3 is 14.5 Å². The van der Waals surface area contributed by atoms with Crippen molar-refractivity contribution in [2.24, 2.45) is 0 Å². The molecule has 2 heterocycles. The van der Waals surface area contributed by atoms with E-state index in [1.807, 2.05) is 5.38 Å². The molecule has 1 N–H and O–H groups in total. The van der Waals surface area contributed by atoms with E-state index in [-0.39, 0.29) is 11.6 Å². The molecule has 2 aromatic heterocycles. The first kappa shape index (κ1) is 13.5. The van der Waals surface area contributed by atoms with Gasteiger partial charge in [-0.05, 0) is 6.92 Å². The van der Waals surface area contributed by atoms with Crippen LogP contribution in [0, 0.1) is 0 Å². The zero-order valence-electron chi connectivity index (χ0n) is 10.8. The Labute approximate surface area is 114 Å². The third kappa shape index (κ3) is 3.54. The van der Waals surface area contributed by atoms with Gasteiger partial charge in [-0.25, -0.2) is 9.78 Å². The van der Waals surface area contributed by atoms with Gasteiger partial charge in [0.25, 0.3) is 6.01 Å². The SMILES string of the molecule is CCOC(=O)c1coc(NCC(C)c2nccs2)n1. The van der Waals surface area contributed by atoms with Gasteiger partial charge in [0.2, 0.25) is 0 Å². The molecule has 0 saturated heterocycles. The first-order valence-corrected chi connectivity index (χ1v) is 6.84. The van der Waals surface area contributed by atoms with Crippen LogP contribution in [0.2, 0.25) is 0 Å². The van der Waals surface area contributed by atoms with Crippen LogP contribution in [-0.2, 0) is 4.74 Å². The summed E-state index contributed by atoms with van der Waals surface area (Å²) in [6.07, 6.45) is 3.06. The summed E-state index contributed by atoms with van der Waals surface area (Å²) in [6, 6.07) is 0.312. The van der Waals surface area contributed by atoms with Crippen LogP contribution in [0.1, 0.15) is 35.3 Å². The lowest BCUT2D eigenvalue weighted by molar-refractivity contribution is 0.0519. The third-order valence-corrected chi connectivity index (χ3v) is 3.43. The molecule has 0 amide bonds. The number of aromatic nitrogens is 2. The van der Waals surface area contributed by atoms with E-state index in [1.165, 1.54) is 6.26 Å². The number of nitrogens with one attached hydrogen (secondary N) is 1. The summed E-state index contributed by atoms with van der Waals surface area (Å²) >= 11 is 1.61. The number of nitrogens with zero attached hydrogens (tertiary/aromatic N) is 2. The van der Waals surface area contributed by atoms with E-state index in [0.717, 1.165) is 5.01 Å². The average Bonchev–Trinajstić information content (AvgIpc) is 3.07. The van der Waals surface area contributed by atoms with Gasteiger partial charge in [0, 0.05) is 24.0 Å². The molecule has 0 aliphatic rings. The smallest absolute Gasteiger partial charge is 0.360 e. The number of anilines is 1. The molecule has 0 bridgehead atoms. The maximum absolute atomic E-state index is 11.4. The molecule has 6 nitrogen and oxygen atoms in total. The molecule has 0 aliphatic heterocycles. The third-order valence-electron chi connectivity index (χ3n) is 2.42. The summed E-state index contributed by atoms with van der Waals surface area (Å²) in [5, 5.41) is 6.02. The van der Waals surface area contributed by atoms with Crippen molar-refractivity contribution in [3.05, 3.63) is 28.5 Å². The molecular formula is C12H15N3O3S. The quantitative estimate of drug-likeness (QED) is 0.820. The Morgan fingerprint density at radius 3 is 3.16 bits per heavy atom. The Balaban J connectivity index is 1.88. The Morgan fingerprint density at radius 2 is 2.47 bits per heavy atom. The van der Waals surface area contributed by atoms with Crippen molar-refractivity contribution in [1.29, 1.82) is 0 Å². The van der Waals surface area contributed by atoms with Crippen molar-refractivity contribution >= 4 is 23.3 Å². The molecule has 1 unspecified atom stereocenters. The van der Waals surface area contributed by atoms with Crippen LogP contribution in [0.3, 0.4) is 0 Å². The highest BCUT2D eigenvalue weighted by atomic mass is 32.1. The second-order valence-electron chi connectivity index (χ2n) is 3.91. The van der Waals surface area contributed by atoms with E-state index in [0.29, 0.717) is 19.2 Å². The predicted octanol–water partition coefficient (Wildman–Crippen LogP) is 2.52. The van der Waals surface area contributed by atoms with Gasteiger partial charge in [0.05, 0.1) is 11.6 Å². The lowest BCUT2D eigenvalue weighted by atomic mass is 10.2. The number of rotatable bonds is 6. The van der Waals surface area contributed by atoms with Crippen LogP contribution in [0.25, 0.3) is 0 Å². The summed E-state index contributed by atoms with van der Waals surface area (Å²) < 4.78 is 9.99. The molecule has 19 heavy (non-hydrogen) atoms. The number of hydrogen-bond donors (Lipinski definition) is 1. The van der Waals surface area contributed by atoms with Gasteiger partial charge in [-0.2, -0.15) is 4.98 Å². The highest BCUT2D eigenvalue weighted by molar-refractivity contribution is 7.09. The summed E-state index contributed by atoms with van der Waals surface area (Å²) in [7, 11) is 0. The Kier molecular flexibility index (Phi) is 4.51. The van der Waals surface area contributed by atoms with Crippen LogP contribution in [-0.4, -0.2) is 29.1 Å². The molecule has 102 valence electrons. The largest absolute Gasteiger partial charge is 0.461 e. The van der Waals surface area contributed by atoms with Crippen molar-refractivity contribution in [3.63, 3.8) is 0 Å². The minimum Gasteiger partial charge on any atom is -0.461 e. The minimum absolute atomic E-state index is 0.172. The van der Waals surface area contributed by atoms with Gasteiger partial charge in [-0.1, -0.05) is 6.92 Å². The number of ether oxygens (including phenoxy) is 1. The highest BCUT2D eigenvalue weighted by Crippen LogP contribution is 2.18. The van der Waals surface area contributed by atoms with E-state index < -0.39 is 5.97 Å². The normalized spacial score (nSPS) is 12.1. The maximum atomic E-state index is 11.4. The van der Waals surface area contributed by atoms with Gasteiger partial charge in [0.1, 0.15) is 6.26 Å². The number of oxazole rings is 1. The second-order valence-corrected chi connectivity index (χ2v) is 4.84. The van der Waals surface area contributed by atoms with E-state index in [9.17, 15) is 4.79 Å². The predicted molar refractivity (Wildman–Crippen MR) is 71.5 cm³/mol. The summed E-state index contributed by atoms with van der Waals surface area (Å²) in [5.74, 6) is -0.231. The molecule has 1 atom stereocenters. The molecule has 0 aromatic carbocycles. The number of carbonyl (C=O) groups excluding carboxylic acids is 1. The van der Waals surface area contributed by atoms with E-state index in [2.05, 4.69) is 22.2 Å². The molecule has 7 heteroatoms. The first-order valence-electron chi connectivity index (χ1n) is 5.96. The summed E-state index contributed by atoms with van der Waals surface area (Å²) in [5.41, 5.74) is 0.172. The van der Waals surface area contributed by atoms with Crippen LogP contribution in [0.15, 0.2) is 22.3 Å². The highest BCUT2D eigenvalue weighted by Gasteiger charge is 2.14. The fourth-order valence-corrected chi connectivity index (χ4v) is 2.16. The van der Waals surface area contributed by atoms with Crippen molar-refractivity contribution in [2.75, 3.05) is 18.5 Å². The Morgan fingerprint density at radius 1 is 1.63 bits per heavy atom. The van der Waals surface area contributed by atoms with Gasteiger partial charge >= 0.3 is 5.97 Å².